The molecule has 1 aliphatic rings. The number of sulfonamides is 1. The number of esters is 1. The predicted molar refractivity (Wildman–Crippen MR) is 64.8 cm³/mol. The molecule has 0 bridgehead atoms. The highest BCUT2D eigenvalue weighted by Crippen LogP contribution is 2.29. The van der Waals surface area contributed by atoms with Crippen molar-refractivity contribution in [2.24, 2.45) is 11.1 Å². The molecule has 2 N–H and O–H groups in total. The number of ether oxygens (including phenoxy) is 1. The van der Waals surface area contributed by atoms with Gasteiger partial charge in [-0.1, -0.05) is 0 Å². The first kappa shape index (κ1) is 14.9. The predicted octanol–water partition coefficient (Wildman–Crippen LogP) is 0.967. The third-order valence-electron chi connectivity index (χ3n) is 2.89. The van der Waals surface area contributed by atoms with Crippen LogP contribution >= 0.6 is 0 Å². The van der Waals surface area contributed by atoms with Crippen molar-refractivity contribution in [1.82, 2.24) is 4.57 Å². The van der Waals surface area contributed by atoms with Gasteiger partial charge in [0.25, 0.3) is 6.43 Å². The molecule has 1 aliphatic carbocycles. The minimum atomic E-state index is -4.07. The van der Waals surface area contributed by atoms with Gasteiger partial charge in [-0.15, -0.1) is 0 Å². The van der Waals surface area contributed by atoms with Gasteiger partial charge in [-0.05, 0) is 24.8 Å². The van der Waals surface area contributed by atoms with Gasteiger partial charge in [0.15, 0.2) is 0 Å². The summed E-state index contributed by atoms with van der Waals surface area (Å²) in [6.07, 6.45) is 0.113. The van der Waals surface area contributed by atoms with Gasteiger partial charge in [-0.25, -0.2) is 27.1 Å². The van der Waals surface area contributed by atoms with Crippen LogP contribution in [0.2, 0.25) is 0 Å². The van der Waals surface area contributed by atoms with E-state index in [1.165, 1.54) is 0 Å². The Morgan fingerprint density at radius 3 is 2.65 bits per heavy atom. The normalized spacial score (nSPS) is 15.6. The fraction of sp³-hybridized carbons (Fsp3) is 0.545. The van der Waals surface area contributed by atoms with Gasteiger partial charge >= 0.3 is 5.97 Å². The summed E-state index contributed by atoms with van der Waals surface area (Å²) >= 11 is 0. The molecule has 0 radical (unpaired) electrons. The van der Waals surface area contributed by atoms with Gasteiger partial charge < -0.3 is 9.30 Å². The first-order valence-electron chi connectivity index (χ1n) is 5.95. The van der Waals surface area contributed by atoms with Crippen LogP contribution in [0.4, 0.5) is 8.78 Å². The third-order valence-corrected chi connectivity index (χ3v) is 3.77. The molecule has 9 heteroatoms. The quantitative estimate of drug-likeness (QED) is 0.793. The molecule has 0 spiro atoms. The Morgan fingerprint density at radius 1 is 1.50 bits per heavy atom. The zero-order valence-corrected chi connectivity index (χ0v) is 11.3. The van der Waals surface area contributed by atoms with E-state index in [4.69, 9.17) is 9.88 Å². The summed E-state index contributed by atoms with van der Waals surface area (Å²) in [5.41, 5.74) is -0.241. The number of rotatable bonds is 6. The lowest BCUT2D eigenvalue weighted by Crippen LogP contribution is -2.16. The lowest BCUT2D eigenvalue weighted by atomic mass is 10.4. The lowest BCUT2D eigenvalue weighted by Gasteiger charge is -2.08. The maximum absolute atomic E-state index is 12.4. The van der Waals surface area contributed by atoms with Crippen LogP contribution in [-0.2, 0) is 21.3 Å². The zero-order valence-electron chi connectivity index (χ0n) is 10.5. The summed E-state index contributed by atoms with van der Waals surface area (Å²) in [6, 6.07) is 0.951. The highest BCUT2D eigenvalue weighted by Gasteiger charge is 2.26. The van der Waals surface area contributed by atoms with Crippen molar-refractivity contribution in [3.8, 4) is 0 Å². The molecule has 20 heavy (non-hydrogen) atoms. The number of carbonyl (C=O) groups is 1. The molecule has 1 saturated carbocycles. The molecule has 112 valence electrons. The van der Waals surface area contributed by atoms with E-state index in [-0.39, 0.29) is 12.3 Å². The van der Waals surface area contributed by atoms with Crippen LogP contribution < -0.4 is 5.14 Å². The average molecular weight is 308 g/mol. The van der Waals surface area contributed by atoms with E-state index in [1.54, 1.807) is 0 Å². The fourth-order valence-electron chi connectivity index (χ4n) is 1.66. The number of nitrogens with two attached hydrogens (primary N) is 1. The molecule has 0 unspecified atom stereocenters. The van der Waals surface area contributed by atoms with Crippen LogP contribution in [0, 0.1) is 5.92 Å². The summed E-state index contributed by atoms with van der Waals surface area (Å²) in [5, 5.41) is 4.92. The van der Waals surface area contributed by atoms with Gasteiger partial charge in [-0.2, -0.15) is 0 Å². The van der Waals surface area contributed by atoms with E-state index in [0.717, 1.165) is 29.7 Å². The van der Waals surface area contributed by atoms with Crippen molar-refractivity contribution in [1.29, 1.82) is 0 Å². The van der Waals surface area contributed by atoms with Crippen molar-refractivity contribution >= 4 is 16.0 Å². The molecule has 1 heterocycles. The second kappa shape index (κ2) is 5.49. The molecule has 1 fully saturated rings. The summed E-state index contributed by atoms with van der Waals surface area (Å²) in [4.78, 5) is 11.4. The van der Waals surface area contributed by atoms with Gasteiger partial charge in [0, 0.05) is 6.20 Å². The highest BCUT2D eigenvalue weighted by atomic mass is 32.2. The summed E-state index contributed by atoms with van der Waals surface area (Å²) in [5.74, 6) is -0.511. The number of hydrogen-bond donors (Lipinski definition) is 1. The van der Waals surface area contributed by atoms with E-state index >= 15 is 0 Å². The fourth-order valence-corrected chi connectivity index (χ4v) is 2.21. The maximum Gasteiger partial charge on any atom is 0.355 e. The van der Waals surface area contributed by atoms with Crippen LogP contribution in [0.3, 0.4) is 0 Å². The van der Waals surface area contributed by atoms with Gasteiger partial charge in [0.05, 0.1) is 13.2 Å². The monoisotopic (exact) mass is 308 g/mol. The van der Waals surface area contributed by atoms with E-state index in [9.17, 15) is 22.0 Å². The molecule has 0 amide bonds. The van der Waals surface area contributed by atoms with Gasteiger partial charge in [0.2, 0.25) is 10.0 Å². The van der Waals surface area contributed by atoms with Crippen LogP contribution in [0.1, 0.15) is 23.3 Å². The van der Waals surface area contributed by atoms with Gasteiger partial charge in [-0.3, -0.25) is 0 Å². The number of nitrogens with zero attached hydrogens (tertiary/aromatic N) is 1. The summed E-state index contributed by atoms with van der Waals surface area (Å²) < 4.78 is 53.1. The first-order chi connectivity index (χ1) is 9.27. The van der Waals surface area contributed by atoms with Crippen LogP contribution in [0.5, 0.6) is 0 Å². The van der Waals surface area contributed by atoms with Crippen molar-refractivity contribution < 1.29 is 26.7 Å². The van der Waals surface area contributed by atoms with Crippen molar-refractivity contribution in [3.63, 3.8) is 0 Å². The Balaban J connectivity index is 2.23. The minimum Gasteiger partial charge on any atom is -0.461 e. The number of aromatic nitrogens is 1. The van der Waals surface area contributed by atoms with Crippen molar-refractivity contribution in [2.75, 3.05) is 6.61 Å². The zero-order chi connectivity index (χ0) is 14.9. The molecule has 0 aliphatic heterocycles. The highest BCUT2D eigenvalue weighted by molar-refractivity contribution is 7.89. The number of primary sulfonamides is 1. The lowest BCUT2D eigenvalue weighted by molar-refractivity contribution is 0.0466. The van der Waals surface area contributed by atoms with Crippen LogP contribution in [0.25, 0.3) is 0 Å². The average Bonchev–Trinajstić information content (AvgIpc) is 3.04. The van der Waals surface area contributed by atoms with Gasteiger partial charge in [0.1, 0.15) is 10.6 Å². The number of hydrogen-bond acceptors (Lipinski definition) is 4. The smallest absolute Gasteiger partial charge is 0.355 e. The molecule has 0 saturated heterocycles. The Kier molecular flexibility index (Phi) is 4.09. The number of halogens is 2. The second-order valence-corrected chi connectivity index (χ2v) is 6.25. The van der Waals surface area contributed by atoms with Crippen LogP contribution in [-0.4, -0.2) is 32.0 Å². The van der Waals surface area contributed by atoms with Crippen molar-refractivity contribution in [2.45, 2.75) is 30.7 Å². The van der Waals surface area contributed by atoms with E-state index < -0.39 is 33.9 Å². The molecule has 2 rings (SSSR count). The third kappa shape index (κ3) is 3.76. The second-order valence-electron chi connectivity index (χ2n) is 4.69. The molecule has 0 atom stereocenters. The summed E-state index contributed by atoms with van der Waals surface area (Å²) in [7, 11) is -4.07. The molecule has 6 nitrogen and oxygen atoms in total. The van der Waals surface area contributed by atoms with E-state index in [0.29, 0.717) is 5.92 Å². The topological polar surface area (TPSA) is 91.4 Å². The largest absolute Gasteiger partial charge is 0.461 e. The molecule has 1 aromatic rings. The van der Waals surface area contributed by atoms with Crippen LogP contribution in [0.15, 0.2) is 17.2 Å². The Morgan fingerprint density at radius 2 is 2.15 bits per heavy atom. The number of alkyl halides is 2. The Labute approximate surface area is 114 Å². The minimum absolute atomic E-state index is 0.212. The molecule has 0 aromatic carbocycles. The summed E-state index contributed by atoms with van der Waals surface area (Å²) in [6.45, 7) is -0.590. The Hall–Kier alpha value is -1.48. The Bertz CT molecular complexity index is 608. The number of carbonyl (C=O) groups excluding carboxylic acids is 1. The molecule has 1 aromatic heterocycles. The SMILES string of the molecule is NS(=O)(=O)c1cc(C(=O)OCC2CC2)n(CC(F)F)c1. The molecular formula is C11H14F2N2O4S. The molecular weight excluding hydrogens is 294 g/mol. The first-order valence-corrected chi connectivity index (χ1v) is 7.50. The van der Waals surface area contributed by atoms with E-state index in [2.05, 4.69) is 0 Å². The van der Waals surface area contributed by atoms with E-state index in [1.807, 2.05) is 0 Å². The van der Waals surface area contributed by atoms with Crippen molar-refractivity contribution in [3.05, 3.63) is 18.0 Å². The maximum atomic E-state index is 12.4. The standard InChI is InChI=1S/C11H14F2N2O4S/c12-10(13)5-15-4-8(20(14,17)18)3-9(15)11(16)19-6-7-1-2-7/h3-4,7,10H,1-2,5-6H2,(H2,14,17,18).